The van der Waals surface area contributed by atoms with E-state index in [1.807, 2.05) is 0 Å². The van der Waals surface area contributed by atoms with Crippen molar-refractivity contribution in [1.82, 2.24) is 5.32 Å². The lowest BCUT2D eigenvalue weighted by Gasteiger charge is -2.13. The van der Waals surface area contributed by atoms with E-state index in [0.717, 1.165) is 6.07 Å². The van der Waals surface area contributed by atoms with Crippen LogP contribution >= 0.6 is 15.9 Å². The molecule has 1 amide bonds. The largest absolute Gasteiger partial charge is 0.480 e. The van der Waals surface area contributed by atoms with Crippen LogP contribution in [0.4, 0.5) is 4.39 Å². The Hall–Kier alpha value is -1.47. The second-order valence-corrected chi connectivity index (χ2v) is 4.39. The van der Waals surface area contributed by atoms with Gasteiger partial charge in [-0.05, 0) is 18.2 Å². The average molecular weight is 320 g/mol. The van der Waals surface area contributed by atoms with Crippen molar-refractivity contribution in [1.29, 1.82) is 0 Å². The molecule has 18 heavy (non-hydrogen) atoms. The summed E-state index contributed by atoms with van der Waals surface area (Å²) in [5.41, 5.74) is 0.0317. The number of hydrogen-bond donors (Lipinski definition) is 2. The number of carboxylic acids is 1. The molecule has 98 valence electrons. The first-order chi connectivity index (χ1) is 8.43. The number of benzene rings is 1. The number of halogens is 2. The van der Waals surface area contributed by atoms with Crippen LogP contribution in [0.25, 0.3) is 0 Å². The Balaban J connectivity index is 2.83. The van der Waals surface area contributed by atoms with Gasteiger partial charge in [0.1, 0.15) is 5.82 Å². The molecule has 0 bridgehead atoms. The number of ether oxygens (including phenoxy) is 1. The first kappa shape index (κ1) is 14.6. The summed E-state index contributed by atoms with van der Waals surface area (Å²) in [4.78, 5) is 22.5. The molecule has 0 aliphatic heterocycles. The van der Waals surface area contributed by atoms with Crippen LogP contribution in [0, 0.1) is 5.82 Å². The average Bonchev–Trinajstić information content (AvgIpc) is 2.26. The van der Waals surface area contributed by atoms with E-state index in [-0.39, 0.29) is 12.2 Å². The zero-order chi connectivity index (χ0) is 13.7. The van der Waals surface area contributed by atoms with Gasteiger partial charge in [-0.15, -0.1) is 0 Å². The fraction of sp³-hybridized carbons (Fsp3) is 0.273. The smallest absolute Gasteiger partial charge is 0.328 e. The quantitative estimate of drug-likeness (QED) is 0.860. The van der Waals surface area contributed by atoms with E-state index in [4.69, 9.17) is 5.11 Å². The highest BCUT2D eigenvalue weighted by Crippen LogP contribution is 2.14. The summed E-state index contributed by atoms with van der Waals surface area (Å²) < 4.78 is 18.1. The fourth-order valence-corrected chi connectivity index (χ4v) is 1.73. The van der Waals surface area contributed by atoms with E-state index in [1.54, 1.807) is 0 Å². The molecule has 1 atom stereocenters. The van der Waals surface area contributed by atoms with Crippen LogP contribution in [-0.4, -0.2) is 36.7 Å². The van der Waals surface area contributed by atoms with Crippen LogP contribution in [0.2, 0.25) is 0 Å². The minimum absolute atomic E-state index is 0.0317. The van der Waals surface area contributed by atoms with Crippen LogP contribution in [-0.2, 0) is 9.53 Å². The highest BCUT2D eigenvalue weighted by molar-refractivity contribution is 9.10. The maximum absolute atomic E-state index is 13.1. The van der Waals surface area contributed by atoms with Gasteiger partial charge >= 0.3 is 5.97 Å². The Morgan fingerprint density at radius 3 is 2.67 bits per heavy atom. The van der Waals surface area contributed by atoms with Crippen molar-refractivity contribution in [2.45, 2.75) is 6.04 Å². The van der Waals surface area contributed by atoms with Crippen LogP contribution < -0.4 is 5.32 Å². The van der Waals surface area contributed by atoms with E-state index >= 15 is 0 Å². The van der Waals surface area contributed by atoms with Gasteiger partial charge in [-0.2, -0.15) is 0 Å². The molecular weight excluding hydrogens is 309 g/mol. The molecule has 0 saturated heterocycles. The van der Waals surface area contributed by atoms with E-state index in [2.05, 4.69) is 26.0 Å². The van der Waals surface area contributed by atoms with Crippen molar-refractivity contribution in [3.63, 3.8) is 0 Å². The maximum atomic E-state index is 13.1. The summed E-state index contributed by atoms with van der Waals surface area (Å²) in [6.07, 6.45) is 0. The molecule has 7 heteroatoms. The van der Waals surface area contributed by atoms with Crippen LogP contribution in [0.15, 0.2) is 22.7 Å². The third-order valence-electron chi connectivity index (χ3n) is 2.06. The summed E-state index contributed by atoms with van der Waals surface area (Å²) in [7, 11) is 1.32. The molecule has 0 radical (unpaired) electrons. The Kier molecular flexibility index (Phi) is 5.24. The minimum atomic E-state index is -1.22. The number of amides is 1. The molecule has 1 rings (SSSR count). The first-order valence-electron chi connectivity index (χ1n) is 4.92. The lowest BCUT2D eigenvalue weighted by atomic mass is 10.2. The molecule has 0 heterocycles. The van der Waals surface area contributed by atoms with Crippen molar-refractivity contribution >= 4 is 27.8 Å². The second kappa shape index (κ2) is 6.46. The minimum Gasteiger partial charge on any atom is -0.480 e. The van der Waals surface area contributed by atoms with Crippen molar-refractivity contribution in [3.8, 4) is 0 Å². The Labute approximate surface area is 111 Å². The molecule has 2 N–H and O–H groups in total. The van der Waals surface area contributed by atoms with Crippen molar-refractivity contribution in [2.75, 3.05) is 13.7 Å². The van der Waals surface area contributed by atoms with Gasteiger partial charge in [0.2, 0.25) is 0 Å². The number of rotatable bonds is 5. The molecule has 0 aliphatic carbocycles. The Morgan fingerprint density at radius 2 is 2.17 bits per heavy atom. The van der Waals surface area contributed by atoms with Crippen LogP contribution in [0.5, 0.6) is 0 Å². The summed E-state index contributed by atoms with van der Waals surface area (Å²) in [6, 6.07) is 2.43. The van der Waals surface area contributed by atoms with Gasteiger partial charge < -0.3 is 15.2 Å². The Morgan fingerprint density at radius 1 is 1.50 bits per heavy atom. The fourth-order valence-electron chi connectivity index (χ4n) is 1.27. The predicted molar refractivity (Wildman–Crippen MR) is 64.9 cm³/mol. The van der Waals surface area contributed by atoms with Crippen molar-refractivity contribution in [3.05, 3.63) is 34.1 Å². The third kappa shape index (κ3) is 4.08. The van der Waals surface area contributed by atoms with E-state index in [0.29, 0.717) is 4.47 Å². The zero-order valence-electron chi connectivity index (χ0n) is 9.44. The number of carboxylic acid groups (broad SMARTS) is 1. The predicted octanol–water partition coefficient (Wildman–Crippen LogP) is 1.42. The Bertz CT molecular complexity index is 446. The number of carbonyl (C=O) groups excluding carboxylic acids is 1. The highest BCUT2D eigenvalue weighted by atomic mass is 79.9. The summed E-state index contributed by atoms with van der Waals surface area (Å²) in [5, 5.41) is 11.1. The second-order valence-electron chi connectivity index (χ2n) is 3.48. The first-order valence-corrected chi connectivity index (χ1v) is 5.72. The lowest BCUT2D eigenvalue weighted by molar-refractivity contribution is -0.140. The van der Waals surface area contributed by atoms with E-state index in [1.165, 1.54) is 19.2 Å². The molecule has 0 saturated carbocycles. The number of hydrogen-bond acceptors (Lipinski definition) is 3. The van der Waals surface area contributed by atoms with Crippen LogP contribution in [0.3, 0.4) is 0 Å². The molecule has 1 unspecified atom stereocenters. The highest BCUT2D eigenvalue weighted by Gasteiger charge is 2.20. The van der Waals surface area contributed by atoms with Crippen molar-refractivity contribution < 1.29 is 23.8 Å². The van der Waals surface area contributed by atoms with E-state index in [9.17, 15) is 14.0 Å². The maximum Gasteiger partial charge on any atom is 0.328 e. The van der Waals surface area contributed by atoms with Gasteiger partial charge in [-0.3, -0.25) is 4.79 Å². The summed E-state index contributed by atoms with van der Waals surface area (Å²) in [5.74, 6) is -2.49. The molecule has 0 aliphatic rings. The van der Waals surface area contributed by atoms with Gasteiger partial charge in [0, 0.05) is 17.1 Å². The number of methoxy groups -OCH3 is 1. The van der Waals surface area contributed by atoms with Gasteiger partial charge in [0.15, 0.2) is 6.04 Å². The van der Waals surface area contributed by atoms with Gasteiger partial charge in [-0.25, -0.2) is 9.18 Å². The molecule has 5 nitrogen and oxygen atoms in total. The molecule has 0 aromatic heterocycles. The lowest BCUT2D eigenvalue weighted by Crippen LogP contribution is -2.43. The number of carbonyl (C=O) groups is 2. The van der Waals surface area contributed by atoms with Gasteiger partial charge in [0.25, 0.3) is 5.91 Å². The topological polar surface area (TPSA) is 75.6 Å². The molecule has 1 aromatic rings. The SMILES string of the molecule is COCC(NC(=O)c1cc(F)cc(Br)c1)C(=O)O. The summed E-state index contributed by atoms with van der Waals surface area (Å²) in [6.45, 7) is -0.169. The van der Waals surface area contributed by atoms with Gasteiger partial charge in [0.05, 0.1) is 6.61 Å². The van der Waals surface area contributed by atoms with Crippen molar-refractivity contribution in [2.24, 2.45) is 0 Å². The number of aliphatic carboxylic acids is 1. The standard InChI is InChI=1S/C11H11BrFNO4/c1-18-5-9(11(16)17)14-10(15)6-2-7(12)4-8(13)3-6/h2-4,9H,5H2,1H3,(H,14,15)(H,16,17). The molecule has 0 spiro atoms. The molecule has 0 fully saturated rings. The van der Waals surface area contributed by atoms with E-state index < -0.39 is 23.7 Å². The normalized spacial score (nSPS) is 11.9. The molecular formula is C11H11BrFNO4. The third-order valence-corrected chi connectivity index (χ3v) is 2.52. The van der Waals surface area contributed by atoms with Gasteiger partial charge in [-0.1, -0.05) is 15.9 Å². The summed E-state index contributed by atoms with van der Waals surface area (Å²) >= 11 is 3.05. The zero-order valence-corrected chi connectivity index (χ0v) is 11.0. The van der Waals surface area contributed by atoms with Crippen LogP contribution in [0.1, 0.15) is 10.4 Å². The molecule has 1 aromatic carbocycles. The number of nitrogens with one attached hydrogen (secondary N) is 1. The monoisotopic (exact) mass is 319 g/mol.